The van der Waals surface area contributed by atoms with Gasteiger partial charge in [0.25, 0.3) is 0 Å². The molecule has 0 aliphatic rings. The number of rotatable bonds is 2. The summed E-state index contributed by atoms with van der Waals surface area (Å²) in [6.07, 6.45) is 0. The van der Waals surface area contributed by atoms with E-state index in [2.05, 4.69) is 25.1 Å². The molecule has 0 saturated carbocycles. The fourth-order valence-corrected chi connectivity index (χ4v) is 1.67. The minimum atomic E-state index is 0.0457. The Morgan fingerprint density at radius 1 is 1.27 bits per heavy atom. The van der Waals surface area contributed by atoms with Crippen LogP contribution < -0.4 is 5.73 Å². The van der Waals surface area contributed by atoms with Crippen molar-refractivity contribution in [2.45, 2.75) is 32.7 Å². The minimum absolute atomic E-state index is 0.0457. The van der Waals surface area contributed by atoms with E-state index in [0.29, 0.717) is 5.92 Å². The zero-order valence-electron chi connectivity index (χ0n) is 9.32. The van der Waals surface area contributed by atoms with Gasteiger partial charge < -0.3 is 10.3 Å². The molecule has 0 aliphatic carbocycles. The number of fused-ring (bicyclic) bond motifs is 1. The number of hydrogen-bond donors (Lipinski definition) is 1. The maximum absolute atomic E-state index is 5.85. The van der Waals surface area contributed by atoms with Gasteiger partial charge in [0.1, 0.15) is 0 Å². The molecule has 3 nitrogen and oxygen atoms in total. The first-order valence-corrected chi connectivity index (χ1v) is 5.24. The molecule has 0 saturated heterocycles. The first kappa shape index (κ1) is 10.2. The van der Waals surface area contributed by atoms with E-state index in [1.807, 2.05) is 19.1 Å². The summed E-state index contributed by atoms with van der Waals surface area (Å²) in [4.78, 5) is 0. The van der Waals surface area contributed by atoms with Gasteiger partial charge >= 0.3 is 0 Å². The fraction of sp³-hybridized carbons (Fsp3) is 0.417. The summed E-state index contributed by atoms with van der Waals surface area (Å²) < 4.78 is 5.25. The zero-order valence-corrected chi connectivity index (χ0v) is 9.32. The third-order valence-electron chi connectivity index (χ3n) is 2.59. The SMILES string of the molecule is CC(C)c1noc2ccc(C(C)N)cc12. The van der Waals surface area contributed by atoms with Crippen molar-refractivity contribution in [1.29, 1.82) is 0 Å². The highest BCUT2D eigenvalue weighted by atomic mass is 16.5. The van der Waals surface area contributed by atoms with Crippen LogP contribution in [0.5, 0.6) is 0 Å². The molecule has 1 aromatic carbocycles. The van der Waals surface area contributed by atoms with Gasteiger partial charge in [0.05, 0.1) is 5.69 Å². The van der Waals surface area contributed by atoms with Crippen LogP contribution in [-0.2, 0) is 0 Å². The number of aromatic nitrogens is 1. The van der Waals surface area contributed by atoms with Crippen molar-refractivity contribution >= 4 is 11.0 Å². The topological polar surface area (TPSA) is 52.0 Å². The molecular formula is C12H16N2O. The molecule has 2 rings (SSSR count). The molecule has 15 heavy (non-hydrogen) atoms. The van der Waals surface area contributed by atoms with E-state index < -0.39 is 0 Å². The molecule has 0 aliphatic heterocycles. The molecule has 2 N–H and O–H groups in total. The van der Waals surface area contributed by atoms with Crippen molar-refractivity contribution in [2.24, 2.45) is 5.73 Å². The molecule has 3 heteroatoms. The molecule has 0 amide bonds. The summed E-state index contributed by atoms with van der Waals surface area (Å²) in [5.41, 5.74) is 8.81. The van der Waals surface area contributed by atoms with Crippen molar-refractivity contribution in [3.8, 4) is 0 Å². The Morgan fingerprint density at radius 2 is 2.00 bits per heavy atom. The summed E-state index contributed by atoms with van der Waals surface area (Å²) in [6.45, 7) is 6.19. The zero-order chi connectivity index (χ0) is 11.0. The summed E-state index contributed by atoms with van der Waals surface area (Å²) in [6, 6.07) is 6.05. The van der Waals surface area contributed by atoms with Gasteiger partial charge in [-0.05, 0) is 30.5 Å². The Labute approximate surface area is 89.2 Å². The van der Waals surface area contributed by atoms with Gasteiger partial charge in [-0.15, -0.1) is 0 Å². The molecule has 1 heterocycles. The second-order valence-corrected chi connectivity index (χ2v) is 4.27. The Kier molecular flexibility index (Phi) is 2.49. The average Bonchev–Trinajstić information content (AvgIpc) is 2.59. The van der Waals surface area contributed by atoms with Gasteiger partial charge in [0.2, 0.25) is 0 Å². The number of nitrogens with zero attached hydrogens (tertiary/aromatic N) is 1. The molecule has 0 bridgehead atoms. The van der Waals surface area contributed by atoms with Crippen LogP contribution in [0, 0.1) is 0 Å². The van der Waals surface area contributed by atoms with Crippen LogP contribution in [0.25, 0.3) is 11.0 Å². The molecule has 0 radical (unpaired) electrons. The molecule has 1 atom stereocenters. The molecular weight excluding hydrogens is 188 g/mol. The van der Waals surface area contributed by atoms with Crippen molar-refractivity contribution in [3.05, 3.63) is 29.5 Å². The van der Waals surface area contributed by atoms with E-state index in [0.717, 1.165) is 22.2 Å². The van der Waals surface area contributed by atoms with Crippen LogP contribution >= 0.6 is 0 Å². The predicted octanol–water partition coefficient (Wildman–Crippen LogP) is 2.97. The highest BCUT2D eigenvalue weighted by Gasteiger charge is 2.12. The Morgan fingerprint density at radius 3 is 2.60 bits per heavy atom. The van der Waals surface area contributed by atoms with Crippen molar-refractivity contribution in [3.63, 3.8) is 0 Å². The summed E-state index contributed by atoms with van der Waals surface area (Å²) >= 11 is 0. The van der Waals surface area contributed by atoms with Crippen molar-refractivity contribution in [1.82, 2.24) is 5.16 Å². The molecule has 0 spiro atoms. The maximum Gasteiger partial charge on any atom is 0.167 e. The van der Waals surface area contributed by atoms with Gasteiger partial charge in [0, 0.05) is 11.4 Å². The first-order chi connectivity index (χ1) is 7.09. The highest BCUT2D eigenvalue weighted by molar-refractivity contribution is 5.80. The van der Waals surface area contributed by atoms with E-state index in [-0.39, 0.29) is 6.04 Å². The molecule has 1 unspecified atom stereocenters. The summed E-state index contributed by atoms with van der Waals surface area (Å²) in [5.74, 6) is 0.370. The lowest BCUT2D eigenvalue weighted by molar-refractivity contribution is 0.441. The van der Waals surface area contributed by atoms with Gasteiger partial charge in [-0.2, -0.15) is 0 Å². The number of benzene rings is 1. The van der Waals surface area contributed by atoms with Crippen molar-refractivity contribution < 1.29 is 4.52 Å². The Balaban J connectivity index is 2.61. The Bertz CT molecular complexity index is 471. The van der Waals surface area contributed by atoms with Crippen LogP contribution in [0.15, 0.2) is 22.7 Å². The molecule has 80 valence electrons. The van der Waals surface area contributed by atoms with Crippen molar-refractivity contribution in [2.75, 3.05) is 0 Å². The van der Waals surface area contributed by atoms with Gasteiger partial charge in [-0.25, -0.2) is 0 Å². The van der Waals surface area contributed by atoms with E-state index >= 15 is 0 Å². The monoisotopic (exact) mass is 204 g/mol. The average molecular weight is 204 g/mol. The summed E-state index contributed by atoms with van der Waals surface area (Å²) in [7, 11) is 0. The van der Waals surface area contributed by atoms with Crippen LogP contribution in [0.4, 0.5) is 0 Å². The quantitative estimate of drug-likeness (QED) is 0.818. The van der Waals surface area contributed by atoms with E-state index in [9.17, 15) is 0 Å². The Hall–Kier alpha value is -1.35. The normalized spacial score (nSPS) is 13.7. The molecule has 1 aromatic heterocycles. The van der Waals surface area contributed by atoms with Crippen LogP contribution in [-0.4, -0.2) is 5.16 Å². The lowest BCUT2D eigenvalue weighted by Gasteiger charge is -2.05. The maximum atomic E-state index is 5.85. The van der Waals surface area contributed by atoms with Gasteiger partial charge in [0.15, 0.2) is 5.58 Å². The number of nitrogens with two attached hydrogens (primary N) is 1. The van der Waals surface area contributed by atoms with Gasteiger partial charge in [-0.1, -0.05) is 25.1 Å². The van der Waals surface area contributed by atoms with Crippen LogP contribution in [0.3, 0.4) is 0 Å². The third-order valence-corrected chi connectivity index (χ3v) is 2.59. The van der Waals surface area contributed by atoms with Gasteiger partial charge in [-0.3, -0.25) is 0 Å². The standard InChI is InChI=1S/C12H16N2O/c1-7(2)12-10-6-9(8(3)13)4-5-11(10)15-14-12/h4-8H,13H2,1-3H3. The molecule has 0 fully saturated rings. The second-order valence-electron chi connectivity index (χ2n) is 4.27. The highest BCUT2D eigenvalue weighted by Crippen LogP contribution is 2.26. The third kappa shape index (κ3) is 1.75. The van der Waals surface area contributed by atoms with E-state index in [1.165, 1.54) is 0 Å². The fourth-order valence-electron chi connectivity index (χ4n) is 1.67. The van der Waals surface area contributed by atoms with Crippen LogP contribution in [0.2, 0.25) is 0 Å². The predicted molar refractivity (Wildman–Crippen MR) is 60.7 cm³/mol. The largest absolute Gasteiger partial charge is 0.356 e. The van der Waals surface area contributed by atoms with Crippen LogP contribution in [0.1, 0.15) is 44.0 Å². The van der Waals surface area contributed by atoms with E-state index in [1.54, 1.807) is 0 Å². The van der Waals surface area contributed by atoms with E-state index in [4.69, 9.17) is 10.3 Å². The second kappa shape index (κ2) is 3.66. The smallest absolute Gasteiger partial charge is 0.167 e. The number of hydrogen-bond acceptors (Lipinski definition) is 3. The molecule has 2 aromatic rings. The minimum Gasteiger partial charge on any atom is -0.356 e. The lowest BCUT2D eigenvalue weighted by Crippen LogP contribution is -2.04. The summed E-state index contributed by atoms with van der Waals surface area (Å²) in [5, 5.41) is 5.16. The first-order valence-electron chi connectivity index (χ1n) is 5.24. The lowest BCUT2D eigenvalue weighted by atomic mass is 10.0.